The molecule has 0 aliphatic carbocycles. The van der Waals surface area contributed by atoms with Crippen LogP contribution in [0.1, 0.15) is 42.3 Å². The number of carbonyl (C=O) groups excluding carboxylic acids is 1. The van der Waals surface area contributed by atoms with Crippen LogP contribution in [0.4, 0.5) is 5.69 Å². The van der Waals surface area contributed by atoms with E-state index in [9.17, 15) is 4.79 Å². The Kier molecular flexibility index (Phi) is 4.98. The number of hydrogen-bond donors (Lipinski definition) is 1. The largest absolute Gasteiger partial charge is 0.322 e. The Balaban J connectivity index is 2.08. The van der Waals surface area contributed by atoms with Gasteiger partial charge in [-0.15, -0.1) is 0 Å². The first kappa shape index (κ1) is 16.5. The summed E-state index contributed by atoms with van der Waals surface area (Å²) in [5.74, 6) is -0.188. The third kappa shape index (κ3) is 5.12. The highest BCUT2D eigenvalue weighted by molar-refractivity contribution is 6.04. The lowest BCUT2D eigenvalue weighted by Gasteiger charge is -2.11. The Labute approximate surface area is 137 Å². The number of anilines is 1. The topological polar surface area (TPSA) is 52.9 Å². The van der Waals surface area contributed by atoms with Crippen LogP contribution in [-0.2, 0) is 0 Å². The molecule has 0 aromatic heterocycles. The summed E-state index contributed by atoms with van der Waals surface area (Å²) in [5.41, 5.74) is 2.90. The predicted octanol–water partition coefficient (Wildman–Crippen LogP) is 4.87. The van der Waals surface area contributed by atoms with Gasteiger partial charge in [-0.25, -0.2) is 0 Å². The highest BCUT2D eigenvalue weighted by atomic mass is 16.1. The lowest BCUT2D eigenvalue weighted by Crippen LogP contribution is -2.11. The number of rotatable bonds is 3. The van der Waals surface area contributed by atoms with Crippen LogP contribution in [-0.4, -0.2) is 5.91 Å². The molecule has 0 fully saturated rings. The maximum absolute atomic E-state index is 12.2. The van der Waals surface area contributed by atoms with E-state index in [0.717, 1.165) is 5.56 Å². The van der Waals surface area contributed by atoms with Crippen molar-refractivity contribution in [2.75, 3.05) is 5.32 Å². The van der Waals surface area contributed by atoms with Crippen LogP contribution in [0.25, 0.3) is 6.08 Å². The Morgan fingerprint density at radius 1 is 1.13 bits per heavy atom. The summed E-state index contributed by atoms with van der Waals surface area (Å²) in [5, 5.41) is 11.7. The molecule has 0 saturated carbocycles. The zero-order chi connectivity index (χ0) is 16.9. The molecule has 0 heterocycles. The number of benzene rings is 2. The van der Waals surface area contributed by atoms with Crippen LogP contribution in [0, 0.1) is 16.7 Å². The molecule has 0 spiro atoms. The van der Waals surface area contributed by atoms with Crippen LogP contribution in [0.2, 0.25) is 0 Å². The SMILES string of the molecule is CC(C)(C)C=Cc1ccc(C(=O)Nc2cccc(C#N)c2)cc1. The third-order valence-corrected chi connectivity index (χ3v) is 3.20. The minimum absolute atomic E-state index is 0.127. The van der Waals surface area contributed by atoms with Gasteiger partial charge in [0.25, 0.3) is 5.91 Å². The predicted molar refractivity (Wildman–Crippen MR) is 94.0 cm³/mol. The summed E-state index contributed by atoms with van der Waals surface area (Å²) in [6.07, 6.45) is 4.19. The Morgan fingerprint density at radius 3 is 2.43 bits per heavy atom. The number of amides is 1. The molecule has 0 aliphatic heterocycles. The van der Waals surface area contributed by atoms with E-state index in [1.165, 1.54) is 0 Å². The molecule has 0 bridgehead atoms. The van der Waals surface area contributed by atoms with E-state index < -0.39 is 0 Å². The molecule has 0 unspecified atom stereocenters. The minimum Gasteiger partial charge on any atom is -0.322 e. The smallest absolute Gasteiger partial charge is 0.255 e. The molecule has 1 N–H and O–H groups in total. The van der Waals surface area contributed by atoms with Crippen molar-refractivity contribution in [3.63, 3.8) is 0 Å². The molecule has 0 aliphatic rings. The molecular weight excluding hydrogens is 284 g/mol. The van der Waals surface area contributed by atoms with Crippen molar-refractivity contribution in [1.29, 1.82) is 5.26 Å². The van der Waals surface area contributed by atoms with Gasteiger partial charge in [-0.2, -0.15) is 5.26 Å². The van der Waals surface area contributed by atoms with Crippen molar-refractivity contribution in [1.82, 2.24) is 0 Å². The Bertz CT molecular complexity index is 759. The summed E-state index contributed by atoms with van der Waals surface area (Å²) < 4.78 is 0. The molecule has 2 aromatic carbocycles. The van der Waals surface area contributed by atoms with Crippen molar-refractivity contribution in [3.05, 3.63) is 71.3 Å². The summed E-state index contributed by atoms with van der Waals surface area (Å²) >= 11 is 0. The summed E-state index contributed by atoms with van der Waals surface area (Å²) in [6.45, 7) is 6.42. The second-order valence-corrected chi connectivity index (χ2v) is 6.47. The summed E-state index contributed by atoms with van der Waals surface area (Å²) in [4.78, 5) is 12.2. The monoisotopic (exact) mass is 304 g/mol. The second-order valence-electron chi connectivity index (χ2n) is 6.47. The molecule has 0 radical (unpaired) electrons. The minimum atomic E-state index is -0.188. The number of nitrogens with zero attached hydrogens (tertiary/aromatic N) is 1. The zero-order valence-electron chi connectivity index (χ0n) is 13.6. The van der Waals surface area contributed by atoms with E-state index in [0.29, 0.717) is 16.8 Å². The fraction of sp³-hybridized carbons (Fsp3) is 0.200. The van der Waals surface area contributed by atoms with E-state index in [1.54, 1.807) is 36.4 Å². The Hall–Kier alpha value is -2.86. The number of nitriles is 1. The molecule has 3 nitrogen and oxygen atoms in total. The van der Waals surface area contributed by atoms with Gasteiger partial charge in [0.15, 0.2) is 0 Å². The van der Waals surface area contributed by atoms with Crippen LogP contribution in [0.3, 0.4) is 0 Å². The highest BCUT2D eigenvalue weighted by Crippen LogP contribution is 2.18. The van der Waals surface area contributed by atoms with Crippen molar-refractivity contribution in [2.24, 2.45) is 5.41 Å². The first-order valence-corrected chi connectivity index (χ1v) is 7.48. The fourth-order valence-electron chi connectivity index (χ4n) is 1.96. The van der Waals surface area contributed by atoms with Gasteiger partial charge in [-0.05, 0) is 41.3 Å². The Morgan fingerprint density at radius 2 is 1.83 bits per heavy atom. The fourth-order valence-corrected chi connectivity index (χ4v) is 1.96. The first-order chi connectivity index (χ1) is 10.9. The number of nitrogens with one attached hydrogen (secondary N) is 1. The molecule has 2 aromatic rings. The van der Waals surface area contributed by atoms with Crippen molar-refractivity contribution < 1.29 is 4.79 Å². The molecule has 2 rings (SSSR count). The highest BCUT2D eigenvalue weighted by Gasteiger charge is 2.07. The molecule has 116 valence electrons. The lowest BCUT2D eigenvalue weighted by molar-refractivity contribution is 0.102. The number of carbonyl (C=O) groups is 1. The average Bonchev–Trinajstić information content (AvgIpc) is 2.53. The van der Waals surface area contributed by atoms with Crippen LogP contribution in [0.15, 0.2) is 54.6 Å². The number of hydrogen-bond acceptors (Lipinski definition) is 2. The van der Waals surface area contributed by atoms with Crippen LogP contribution in [0.5, 0.6) is 0 Å². The molecule has 0 saturated heterocycles. The van der Waals surface area contributed by atoms with Gasteiger partial charge < -0.3 is 5.32 Å². The zero-order valence-corrected chi connectivity index (χ0v) is 13.6. The van der Waals surface area contributed by atoms with Crippen LogP contribution < -0.4 is 5.32 Å². The standard InChI is InChI=1S/C20H20N2O/c1-20(2,3)12-11-15-7-9-17(10-8-15)19(23)22-18-6-4-5-16(13-18)14-21/h4-13H,1-3H3,(H,22,23). The average molecular weight is 304 g/mol. The maximum Gasteiger partial charge on any atom is 0.255 e. The normalized spacial score (nSPS) is 11.2. The van der Waals surface area contributed by atoms with Crippen molar-refractivity contribution in [2.45, 2.75) is 20.8 Å². The van der Waals surface area contributed by atoms with Gasteiger partial charge in [-0.3, -0.25) is 4.79 Å². The van der Waals surface area contributed by atoms with E-state index in [-0.39, 0.29) is 11.3 Å². The van der Waals surface area contributed by atoms with E-state index in [2.05, 4.69) is 44.3 Å². The van der Waals surface area contributed by atoms with E-state index in [1.807, 2.05) is 12.1 Å². The molecule has 3 heteroatoms. The van der Waals surface area contributed by atoms with Gasteiger partial charge in [-0.1, -0.05) is 51.1 Å². The van der Waals surface area contributed by atoms with Crippen molar-refractivity contribution in [3.8, 4) is 6.07 Å². The van der Waals surface area contributed by atoms with Crippen molar-refractivity contribution >= 4 is 17.7 Å². The summed E-state index contributed by atoms with van der Waals surface area (Å²) in [7, 11) is 0. The van der Waals surface area contributed by atoms with Gasteiger partial charge >= 0.3 is 0 Å². The van der Waals surface area contributed by atoms with Crippen LogP contribution >= 0.6 is 0 Å². The maximum atomic E-state index is 12.2. The molecular formula is C20H20N2O. The van der Waals surface area contributed by atoms with Gasteiger partial charge in [0, 0.05) is 11.3 Å². The molecule has 1 amide bonds. The third-order valence-electron chi connectivity index (χ3n) is 3.20. The lowest BCUT2D eigenvalue weighted by atomic mass is 9.95. The summed E-state index contributed by atoms with van der Waals surface area (Å²) in [6, 6.07) is 16.3. The first-order valence-electron chi connectivity index (χ1n) is 7.48. The number of allylic oxidation sites excluding steroid dienone is 1. The van der Waals surface area contributed by atoms with Gasteiger partial charge in [0.2, 0.25) is 0 Å². The molecule has 23 heavy (non-hydrogen) atoms. The van der Waals surface area contributed by atoms with Gasteiger partial charge in [0.1, 0.15) is 0 Å². The van der Waals surface area contributed by atoms with Gasteiger partial charge in [0.05, 0.1) is 11.6 Å². The molecule has 0 atom stereocenters. The van der Waals surface area contributed by atoms with E-state index in [4.69, 9.17) is 5.26 Å². The second kappa shape index (κ2) is 6.93. The van der Waals surface area contributed by atoms with E-state index >= 15 is 0 Å². The quantitative estimate of drug-likeness (QED) is 0.879.